The Morgan fingerprint density at radius 3 is 2.88 bits per heavy atom. The molecule has 1 fully saturated rings. The van der Waals surface area contributed by atoms with Gasteiger partial charge in [-0.15, -0.1) is 0 Å². The summed E-state index contributed by atoms with van der Waals surface area (Å²) in [6, 6.07) is 0. The van der Waals surface area contributed by atoms with Crippen LogP contribution in [0.25, 0.3) is 0 Å². The zero-order valence-electron chi connectivity index (χ0n) is 9.24. The molecular formula is C11H17N3OS. The summed E-state index contributed by atoms with van der Waals surface area (Å²) in [5.41, 5.74) is 5.48. The van der Waals surface area contributed by atoms with Crippen LogP contribution >= 0.6 is 11.3 Å². The molecule has 1 aromatic heterocycles. The smallest absolute Gasteiger partial charge is 0.263 e. The third-order valence-electron chi connectivity index (χ3n) is 3.02. The molecule has 0 bridgehead atoms. The van der Waals surface area contributed by atoms with E-state index in [9.17, 15) is 4.79 Å². The highest BCUT2D eigenvalue weighted by Gasteiger charge is 2.15. The highest BCUT2D eigenvalue weighted by molar-refractivity contribution is 7.17. The third-order valence-corrected chi connectivity index (χ3v) is 3.85. The first-order valence-electron chi connectivity index (χ1n) is 5.75. The number of nitrogen functional groups attached to an aromatic ring is 1. The van der Waals surface area contributed by atoms with Gasteiger partial charge in [0.2, 0.25) is 0 Å². The van der Waals surface area contributed by atoms with Crippen molar-refractivity contribution >= 4 is 22.4 Å². The number of amides is 1. The van der Waals surface area contributed by atoms with Gasteiger partial charge in [-0.05, 0) is 18.8 Å². The van der Waals surface area contributed by atoms with E-state index in [1.165, 1.54) is 49.6 Å². The van der Waals surface area contributed by atoms with Gasteiger partial charge in [0, 0.05) is 6.54 Å². The lowest BCUT2D eigenvalue weighted by Gasteiger charge is -2.21. The van der Waals surface area contributed by atoms with E-state index in [1.54, 1.807) is 0 Å². The summed E-state index contributed by atoms with van der Waals surface area (Å²) in [6.45, 7) is 0.788. The van der Waals surface area contributed by atoms with E-state index in [2.05, 4.69) is 10.3 Å². The molecule has 1 amide bonds. The number of hydrogen-bond acceptors (Lipinski definition) is 4. The van der Waals surface area contributed by atoms with Gasteiger partial charge >= 0.3 is 0 Å². The minimum Gasteiger partial charge on any atom is -0.375 e. The molecule has 0 atom stereocenters. The lowest BCUT2D eigenvalue weighted by molar-refractivity contribution is 0.0947. The van der Waals surface area contributed by atoms with Gasteiger partial charge in [0.1, 0.15) is 4.88 Å². The van der Waals surface area contributed by atoms with Crippen molar-refractivity contribution in [3.8, 4) is 0 Å². The molecule has 16 heavy (non-hydrogen) atoms. The molecule has 1 aliphatic carbocycles. The summed E-state index contributed by atoms with van der Waals surface area (Å²) in [7, 11) is 0. The molecule has 0 saturated heterocycles. The molecule has 1 saturated carbocycles. The fraction of sp³-hybridized carbons (Fsp3) is 0.636. The maximum absolute atomic E-state index is 11.7. The Morgan fingerprint density at radius 1 is 1.50 bits per heavy atom. The Balaban J connectivity index is 1.79. The number of rotatable bonds is 3. The average Bonchev–Trinajstić information content (AvgIpc) is 2.74. The number of carbonyl (C=O) groups is 1. The van der Waals surface area contributed by atoms with Crippen molar-refractivity contribution < 1.29 is 4.79 Å². The van der Waals surface area contributed by atoms with E-state index in [0.717, 1.165) is 6.54 Å². The first kappa shape index (κ1) is 11.4. The Morgan fingerprint density at radius 2 is 2.25 bits per heavy atom. The normalized spacial score (nSPS) is 17.2. The number of nitrogens with one attached hydrogen (secondary N) is 1. The van der Waals surface area contributed by atoms with Crippen LogP contribution in [0.4, 0.5) is 5.13 Å². The molecule has 0 radical (unpaired) electrons. The molecule has 1 heterocycles. The molecular weight excluding hydrogens is 222 g/mol. The van der Waals surface area contributed by atoms with Crippen LogP contribution in [0.15, 0.2) is 6.20 Å². The minimum absolute atomic E-state index is 0.0419. The molecule has 2 rings (SSSR count). The topological polar surface area (TPSA) is 68.0 Å². The lowest BCUT2D eigenvalue weighted by atomic mass is 9.89. The molecule has 0 aliphatic heterocycles. The lowest BCUT2D eigenvalue weighted by Crippen LogP contribution is -2.29. The molecule has 88 valence electrons. The van der Waals surface area contributed by atoms with E-state index in [1.807, 2.05) is 0 Å². The van der Waals surface area contributed by atoms with Crippen molar-refractivity contribution in [3.05, 3.63) is 11.1 Å². The van der Waals surface area contributed by atoms with E-state index in [-0.39, 0.29) is 5.91 Å². The van der Waals surface area contributed by atoms with Crippen molar-refractivity contribution in [2.24, 2.45) is 5.92 Å². The molecule has 0 aromatic carbocycles. The summed E-state index contributed by atoms with van der Waals surface area (Å²) in [5, 5.41) is 3.40. The molecule has 1 aromatic rings. The second-order valence-electron chi connectivity index (χ2n) is 4.28. The van der Waals surface area contributed by atoms with Crippen molar-refractivity contribution in [1.82, 2.24) is 10.3 Å². The Bertz CT molecular complexity index is 358. The quantitative estimate of drug-likeness (QED) is 0.848. The van der Waals surface area contributed by atoms with Crippen LogP contribution in [-0.2, 0) is 0 Å². The molecule has 5 heteroatoms. The van der Waals surface area contributed by atoms with Crippen LogP contribution in [-0.4, -0.2) is 17.4 Å². The number of anilines is 1. The van der Waals surface area contributed by atoms with Gasteiger partial charge < -0.3 is 11.1 Å². The van der Waals surface area contributed by atoms with Crippen LogP contribution in [0.2, 0.25) is 0 Å². The maximum Gasteiger partial charge on any atom is 0.263 e. The first-order chi connectivity index (χ1) is 7.75. The molecule has 4 nitrogen and oxygen atoms in total. The van der Waals surface area contributed by atoms with Gasteiger partial charge in [-0.25, -0.2) is 4.98 Å². The van der Waals surface area contributed by atoms with E-state index in [0.29, 0.717) is 15.9 Å². The van der Waals surface area contributed by atoms with E-state index in [4.69, 9.17) is 5.73 Å². The second-order valence-corrected chi connectivity index (χ2v) is 5.34. The third kappa shape index (κ3) is 2.95. The van der Waals surface area contributed by atoms with Crippen LogP contribution in [0.5, 0.6) is 0 Å². The van der Waals surface area contributed by atoms with Gasteiger partial charge in [0.15, 0.2) is 5.13 Å². The van der Waals surface area contributed by atoms with Crippen molar-refractivity contribution in [2.75, 3.05) is 12.3 Å². The maximum atomic E-state index is 11.7. The summed E-state index contributed by atoms with van der Waals surface area (Å²) in [4.78, 5) is 16.2. The molecule has 1 aliphatic rings. The Labute approximate surface area is 99.3 Å². The van der Waals surface area contributed by atoms with Crippen molar-refractivity contribution in [3.63, 3.8) is 0 Å². The highest BCUT2D eigenvalue weighted by atomic mass is 32.1. The molecule has 0 unspecified atom stereocenters. The standard InChI is InChI=1S/C11H17N3OS/c12-11-14-7-9(16-11)10(15)13-6-8-4-2-1-3-5-8/h7-8H,1-6H2,(H2,12,14)(H,13,15). The number of hydrogen-bond donors (Lipinski definition) is 2. The fourth-order valence-electron chi connectivity index (χ4n) is 2.11. The fourth-order valence-corrected chi connectivity index (χ4v) is 2.71. The van der Waals surface area contributed by atoms with Crippen LogP contribution in [0.1, 0.15) is 41.8 Å². The predicted molar refractivity (Wildman–Crippen MR) is 65.4 cm³/mol. The van der Waals surface area contributed by atoms with Crippen LogP contribution in [0.3, 0.4) is 0 Å². The zero-order valence-corrected chi connectivity index (χ0v) is 10.1. The number of thiazole rings is 1. The highest BCUT2D eigenvalue weighted by Crippen LogP contribution is 2.23. The largest absolute Gasteiger partial charge is 0.375 e. The Kier molecular flexibility index (Phi) is 3.77. The van der Waals surface area contributed by atoms with Crippen LogP contribution < -0.4 is 11.1 Å². The number of aromatic nitrogens is 1. The second kappa shape index (κ2) is 5.30. The summed E-state index contributed by atoms with van der Waals surface area (Å²) in [5.74, 6) is 0.614. The van der Waals surface area contributed by atoms with Gasteiger partial charge in [0.25, 0.3) is 5.91 Å². The van der Waals surface area contributed by atoms with Gasteiger partial charge in [0.05, 0.1) is 6.20 Å². The van der Waals surface area contributed by atoms with Crippen LogP contribution in [0, 0.1) is 5.92 Å². The zero-order chi connectivity index (χ0) is 11.4. The Hall–Kier alpha value is -1.10. The number of nitrogens with two attached hydrogens (primary N) is 1. The van der Waals surface area contributed by atoms with Gasteiger partial charge in [-0.3, -0.25) is 4.79 Å². The summed E-state index contributed by atoms with van der Waals surface area (Å²) >= 11 is 1.24. The average molecular weight is 239 g/mol. The minimum atomic E-state index is -0.0419. The molecule has 0 spiro atoms. The number of carbonyl (C=O) groups excluding carboxylic acids is 1. The molecule has 3 N–H and O–H groups in total. The van der Waals surface area contributed by atoms with E-state index < -0.39 is 0 Å². The SMILES string of the molecule is Nc1ncc(C(=O)NCC2CCCCC2)s1. The van der Waals surface area contributed by atoms with Gasteiger partial charge in [-0.2, -0.15) is 0 Å². The van der Waals surface area contributed by atoms with Gasteiger partial charge in [-0.1, -0.05) is 30.6 Å². The van der Waals surface area contributed by atoms with Crippen molar-refractivity contribution in [2.45, 2.75) is 32.1 Å². The van der Waals surface area contributed by atoms with Crippen molar-refractivity contribution in [1.29, 1.82) is 0 Å². The first-order valence-corrected chi connectivity index (χ1v) is 6.57. The van der Waals surface area contributed by atoms with E-state index >= 15 is 0 Å². The summed E-state index contributed by atoms with van der Waals surface area (Å²) in [6.07, 6.45) is 7.96. The predicted octanol–water partition coefficient (Wildman–Crippen LogP) is 2.04. The number of nitrogens with zero attached hydrogens (tertiary/aromatic N) is 1. The summed E-state index contributed by atoms with van der Waals surface area (Å²) < 4.78 is 0. The monoisotopic (exact) mass is 239 g/mol.